The molecule has 2 unspecified atom stereocenters. The molecule has 1 N–H and O–H groups in total. The number of amides is 1. The van der Waals surface area contributed by atoms with E-state index < -0.39 is 0 Å². The van der Waals surface area contributed by atoms with Gasteiger partial charge in [-0.2, -0.15) is 0 Å². The Bertz CT molecular complexity index is 1530. The summed E-state index contributed by atoms with van der Waals surface area (Å²) in [6.45, 7) is 43.4. The first-order valence-electron chi connectivity index (χ1n) is 25.6. The number of carbonyl (C=O) groups is 1. The number of ether oxygens (including phenoxy) is 1. The molecule has 1 aromatic heterocycles. The van der Waals surface area contributed by atoms with E-state index in [-0.39, 0.29) is 5.60 Å². The Hall–Kier alpha value is -3.54. The predicted molar refractivity (Wildman–Crippen MR) is 287 cm³/mol. The topological polar surface area (TPSA) is 54.5 Å². The molecule has 64 heavy (non-hydrogen) atoms. The van der Waals surface area contributed by atoms with Crippen molar-refractivity contribution < 1.29 is 9.53 Å². The third kappa shape index (κ3) is 33.0. The summed E-state index contributed by atoms with van der Waals surface area (Å²) in [5, 5.41) is 2.77. The molecule has 0 radical (unpaired) electrons. The summed E-state index contributed by atoms with van der Waals surface area (Å²) in [6, 6.07) is 24.3. The lowest BCUT2D eigenvalue weighted by Crippen LogP contribution is -2.43. The summed E-state index contributed by atoms with van der Waals surface area (Å²) < 4.78 is 5.86. The van der Waals surface area contributed by atoms with E-state index in [1.807, 2.05) is 47.6 Å². The number of carbonyl (C=O) groups excluding carboxylic acids is 1. The molecule has 0 saturated heterocycles. The zero-order valence-corrected chi connectivity index (χ0v) is 45.4. The van der Waals surface area contributed by atoms with Crippen LogP contribution in [0.1, 0.15) is 202 Å². The monoisotopic (exact) mass is 886 g/mol. The first-order valence-corrected chi connectivity index (χ1v) is 25.6. The maximum atomic E-state index is 10.4. The summed E-state index contributed by atoms with van der Waals surface area (Å²) >= 11 is 0. The van der Waals surface area contributed by atoms with Crippen LogP contribution in [-0.4, -0.2) is 54.2 Å². The third-order valence-electron chi connectivity index (χ3n) is 10.7. The highest BCUT2D eigenvalue weighted by molar-refractivity contribution is 5.45. The van der Waals surface area contributed by atoms with Gasteiger partial charge >= 0.3 is 0 Å². The Morgan fingerprint density at radius 1 is 0.828 bits per heavy atom. The summed E-state index contributed by atoms with van der Waals surface area (Å²) in [6.07, 6.45) is 18.1. The Labute approximate surface area is 398 Å². The zero-order chi connectivity index (χ0) is 49.3. The summed E-state index contributed by atoms with van der Waals surface area (Å²) in [5.41, 5.74) is 9.39. The van der Waals surface area contributed by atoms with Gasteiger partial charge in [-0.15, -0.1) is 0 Å². The van der Waals surface area contributed by atoms with Gasteiger partial charge in [-0.05, 0) is 128 Å². The number of nitrogens with one attached hydrogen (secondary N) is 1. The first-order chi connectivity index (χ1) is 30.7. The number of rotatable bonds is 19. The highest BCUT2D eigenvalue weighted by Crippen LogP contribution is 2.37. The maximum absolute atomic E-state index is 10.4. The largest absolute Gasteiger partial charge is 0.375 e. The average Bonchev–Trinajstić information content (AvgIpc) is 3.28. The number of hydrogen-bond donors (Lipinski definition) is 1. The lowest BCUT2D eigenvalue weighted by Gasteiger charge is -2.33. The van der Waals surface area contributed by atoms with Crippen molar-refractivity contribution in [2.75, 3.05) is 26.2 Å². The van der Waals surface area contributed by atoms with Gasteiger partial charge in [-0.25, -0.2) is 0 Å². The van der Waals surface area contributed by atoms with Crippen LogP contribution in [0.3, 0.4) is 0 Å². The number of pyridine rings is 1. The van der Waals surface area contributed by atoms with Gasteiger partial charge < -0.3 is 10.1 Å². The van der Waals surface area contributed by atoms with Crippen LogP contribution < -0.4 is 5.32 Å². The lowest BCUT2D eigenvalue weighted by atomic mass is 9.80. The Morgan fingerprint density at radius 3 is 1.88 bits per heavy atom. The lowest BCUT2D eigenvalue weighted by molar-refractivity contribution is -0.109. The fraction of sp³-hybridized carbons (Fsp3) is 0.627. The van der Waals surface area contributed by atoms with Gasteiger partial charge in [-0.3, -0.25) is 14.7 Å². The maximum Gasteiger partial charge on any atom is 0.207 e. The van der Waals surface area contributed by atoms with E-state index in [9.17, 15) is 4.79 Å². The van der Waals surface area contributed by atoms with E-state index in [1.54, 1.807) is 0 Å². The van der Waals surface area contributed by atoms with E-state index in [2.05, 4.69) is 179 Å². The molecule has 1 aliphatic carbocycles. The average molecular weight is 886 g/mol. The highest BCUT2D eigenvalue weighted by Gasteiger charge is 2.24. The smallest absolute Gasteiger partial charge is 0.207 e. The van der Waals surface area contributed by atoms with E-state index in [4.69, 9.17) is 9.72 Å². The molecular weight excluding hydrogens is 783 g/mol. The Kier molecular flexibility index (Phi) is 42.6. The van der Waals surface area contributed by atoms with Crippen LogP contribution in [0.15, 0.2) is 90.5 Å². The second kappa shape index (κ2) is 42.1. The Morgan fingerprint density at radius 2 is 1.44 bits per heavy atom. The first kappa shape index (κ1) is 64.7. The molecule has 0 bridgehead atoms. The number of allylic oxidation sites excluding steroid dienone is 4. The minimum absolute atomic E-state index is 0.0921. The zero-order valence-electron chi connectivity index (χ0n) is 45.4. The number of aryl methyl sites for hydroxylation is 3. The number of nitrogens with zero attached hydrogens (tertiary/aromatic N) is 2. The van der Waals surface area contributed by atoms with Crippen LogP contribution >= 0.6 is 0 Å². The van der Waals surface area contributed by atoms with Crippen molar-refractivity contribution >= 4 is 6.41 Å². The van der Waals surface area contributed by atoms with Gasteiger partial charge in [0.05, 0.1) is 12.2 Å². The molecule has 0 aliphatic heterocycles. The summed E-state index contributed by atoms with van der Waals surface area (Å²) in [7, 11) is 0. The van der Waals surface area contributed by atoms with Crippen molar-refractivity contribution in [3.8, 4) is 0 Å². The van der Waals surface area contributed by atoms with E-state index >= 15 is 0 Å². The summed E-state index contributed by atoms with van der Waals surface area (Å²) in [5.74, 6) is 2.21. The van der Waals surface area contributed by atoms with Crippen molar-refractivity contribution in [3.63, 3.8) is 0 Å². The van der Waals surface area contributed by atoms with Crippen LogP contribution in [0.2, 0.25) is 0 Å². The van der Waals surface area contributed by atoms with Gasteiger partial charge in [0.25, 0.3) is 0 Å². The van der Waals surface area contributed by atoms with Crippen LogP contribution in [0, 0.1) is 25.7 Å². The molecular formula is C59H103N3O2. The second-order valence-corrected chi connectivity index (χ2v) is 17.5. The van der Waals surface area contributed by atoms with Crippen molar-refractivity contribution in [1.29, 1.82) is 0 Å². The molecule has 5 heteroatoms. The van der Waals surface area contributed by atoms with Crippen molar-refractivity contribution in [2.24, 2.45) is 11.8 Å². The number of hydrogen-bond acceptors (Lipinski definition) is 4. The van der Waals surface area contributed by atoms with E-state index in [1.165, 1.54) is 72.0 Å². The SMILES string of the molecule is C/C=C\C(=C/C)CC(C)C.CC.CC.CC.CCC(C)CC(CC)N(CCNC=O)CCOC(C)(C)C.CCc1ccccc1.Cc1ccc(Cc2ccc(C)nc2C2CCC2)cc1. The van der Waals surface area contributed by atoms with Crippen molar-refractivity contribution in [3.05, 3.63) is 124 Å². The normalized spacial score (nSPS) is 13.0. The van der Waals surface area contributed by atoms with Crippen molar-refractivity contribution in [1.82, 2.24) is 15.2 Å². The van der Waals surface area contributed by atoms with Crippen LogP contribution in [0.4, 0.5) is 0 Å². The van der Waals surface area contributed by atoms with E-state index in [0.29, 0.717) is 18.5 Å². The molecule has 1 heterocycles. The molecule has 4 rings (SSSR count). The van der Waals surface area contributed by atoms with Gasteiger partial charge in [0.1, 0.15) is 0 Å². The molecule has 366 valence electrons. The Balaban J connectivity index is -0.000000787. The van der Waals surface area contributed by atoms with Crippen LogP contribution in [0.5, 0.6) is 0 Å². The molecule has 3 aromatic rings. The second-order valence-electron chi connectivity index (χ2n) is 17.5. The highest BCUT2D eigenvalue weighted by atomic mass is 16.5. The molecule has 2 atom stereocenters. The van der Waals surface area contributed by atoms with E-state index in [0.717, 1.165) is 62.9 Å². The van der Waals surface area contributed by atoms with Crippen LogP contribution in [-0.2, 0) is 22.4 Å². The molecule has 1 amide bonds. The number of aromatic nitrogens is 1. The fourth-order valence-electron chi connectivity index (χ4n) is 6.82. The minimum Gasteiger partial charge on any atom is -0.375 e. The van der Waals surface area contributed by atoms with Gasteiger partial charge in [-0.1, -0.05) is 186 Å². The minimum atomic E-state index is -0.0921. The van der Waals surface area contributed by atoms with Crippen LogP contribution in [0.25, 0.3) is 0 Å². The molecule has 0 spiro atoms. The molecule has 2 aromatic carbocycles. The third-order valence-corrected chi connectivity index (χ3v) is 10.7. The van der Waals surface area contributed by atoms with Crippen molar-refractivity contribution in [2.45, 2.75) is 207 Å². The van der Waals surface area contributed by atoms with Gasteiger partial charge in [0.15, 0.2) is 0 Å². The molecule has 5 nitrogen and oxygen atoms in total. The standard InChI is InChI=1S/C18H21N.C17H36N2O2.C10H18.C8H10.3C2H6/c1-13-6-9-15(10-7-13)12-17-11-8-14(2)19-18(17)16-4-3-5-16;1-7-15(3)13-16(8-2)19(10-9-18-14-20)11-12-21-17(4,5)6;1-5-7-10(6-2)8-9(3)4;1-2-8-6-4-3-5-7-8;3*1-2/h6-11,16H,3-5,12H2,1-2H3;14-16H,7-13H2,1-6H3,(H,18,20);5-7,9H,8H2,1-4H3;3-7H,2H2,1H3;3*1-2H3/b;;7-5-,10-6+;;;;. The molecule has 1 fully saturated rings. The molecule has 1 saturated carbocycles. The predicted octanol–water partition coefficient (Wildman–Crippen LogP) is 16.5. The molecule has 1 aliphatic rings. The summed E-state index contributed by atoms with van der Waals surface area (Å²) in [4.78, 5) is 17.7. The number of benzene rings is 2. The quantitative estimate of drug-likeness (QED) is 0.0740. The van der Waals surface area contributed by atoms with Gasteiger partial charge in [0, 0.05) is 43.0 Å². The van der Waals surface area contributed by atoms with Gasteiger partial charge in [0.2, 0.25) is 6.41 Å². The fourth-order valence-corrected chi connectivity index (χ4v) is 6.82.